The molecule has 1 heterocycles. The van der Waals surface area contributed by atoms with Gasteiger partial charge in [-0.2, -0.15) is 0 Å². The first-order chi connectivity index (χ1) is 6.46. The van der Waals surface area contributed by atoms with Crippen molar-refractivity contribution < 1.29 is 13.9 Å². The van der Waals surface area contributed by atoms with Gasteiger partial charge in [0.05, 0.1) is 12.7 Å². The fraction of sp³-hybridized carbons (Fsp3) is 0.571. The van der Waals surface area contributed by atoms with Gasteiger partial charge in [0.2, 0.25) is 5.95 Å². The van der Waals surface area contributed by atoms with Gasteiger partial charge < -0.3 is 15.0 Å². The fourth-order valence-electron chi connectivity index (χ4n) is 0.817. The maximum atomic E-state index is 12.6. The van der Waals surface area contributed by atoms with Crippen LogP contribution in [0.3, 0.4) is 0 Å². The number of alkyl halides is 2. The summed E-state index contributed by atoms with van der Waals surface area (Å²) >= 11 is 2.04. The molecule has 0 aliphatic rings. The Morgan fingerprint density at radius 2 is 2.36 bits per heavy atom. The summed E-state index contributed by atoms with van der Waals surface area (Å²) in [5.41, 5.74) is 0. The molecule has 0 saturated carbocycles. The maximum absolute atomic E-state index is 12.6. The number of hydrogen-bond donors (Lipinski definition) is 2. The second-order valence-corrected chi connectivity index (χ2v) is 3.94. The Balaban J connectivity index is 2.58. The minimum Gasteiger partial charge on any atom is -0.390 e. The summed E-state index contributed by atoms with van der Waals surface area (Å²) in [5.74, 6) is -2.75. The molecule has 2 N–H and O–H groups in total. The standard InChI is InChI=1S/C7H10F2IN3O/c1-13-5(10)2-11-6(13)12-3-7(8,9)4-14/h2,14H,3-4H2,1H3,(H,11,12). The van der Waals surface area contributed by atoms with Crippen LogP contribution in [0.1, 0.15) is 0 Å². The van der Waals surface area contributed by atoms with Crippen LogP contribution in [-0.2, 0) is 7.05 Å². The molecule has 7 heteroatoms. The third-order valence-corrected chi connectivity index (χ3v) is 2.67. The van der Waals surface area contributed by atoms with Gasteiger partial charge in [0.1, 0.15) is 10.3 Å². The predicted octanol–water partition coefficient (Wildman–Crippen LogP) is 1.06. The van der Waals surface area contributed by atoms with Crippen molar-refractivity contribution in [3.8, 4) is 0 Å². The van der Waals surface area contributed by atoms with E-state index >= 15 is 0 Å². The molecule has 0 bridgehead atoms. The first-order valence-electron chi connectivity index (χ1n) is 3.86. The van der Waals surface area contributed by atoms with E-state index in [4.69, 9.17) is 5.11 Å². The zero-order valence-corrected chi connectivity index (χ0v) is 9.62. The van der Waals surface area contributed by atoms with Gasteiger partial charge >= 0.3 is 0 Å². The molecule has 0 aliphatic heterocycles. The highest BCUT2D eigenvalue weighted by molar-refractivity contribution is 14.1. The highest BCUT2D eigenvalue weighted by Crippen LogP contribution is 2.15. The van der Waals surface area contributed by atoms with E-state index in [1.54, 1.807) is 17.8 Å². The average molecular weight is 317 g/mol. The summed E-state index contributed by atoms with van der Waals surface area (Å²) in [6.07, 6.45) is 1.57. The molecule has 0 amide bonds. The van der Waals surface area contributed by atoms with Crippen molar-refractivity contribution in [2.45, 2.75) is 5.92 Å². The lowest BCUT2D eigenvalue weighted by molar-refractivity contribution is -0.0374. The number of halogens is 3. The van der Waals surface area contributed by atoms with E-state index in [0.717, 1.165) is 3.70 Å². The maximum Gasteiger partial charge on any atom is 0.287 e. The Kier molecular flexibility index (Phi) is 3.65. The lowest BCUT2D eigenvalue weighted by atomic mass is 10.3. The average Bonchev–Trinajstić information content (AvgIpc) is 2.45. The number of imidazole rings is 1. The molecular formula is C7H10F2IN3O. The topological polar surface area (TPSA) is 50.1 Å². The van der Waals surface area contributed by atoms with Crippen molar-refractivity contribution in [3.05, 3.63) is 9.90 Å². The number of nitrogens with zero attached hydrogens (tertiary/aromatic N) is 2. The molecule has 0 saturated heterocycles. The number of aromatic nitrogens is 2. The smallest absolute Gasteiger partial charge is 0.287 e. The predicted molar refractivity (Wildman–Crippen MR) is 56.4 cm³/mol. The first-order valence-corrected chi connectivity index (χ1v) is 4.94. The van der Waals surface area contributed by atoms with Gasteiger partial charge in [0.15, 0.2) is 0 Å². The van der Waals surface area contributed by atoms with Crippen LogP contribution in [0.25, 0.3) is 0 Å². The van der Waals surface area contributed by atoms with E-state index in [-0.39, 0.29) is 0 Å². The third-order valence-electron chi connectivity index (χ3n) is 1.67. The molecule has 0 spiro atoms. The zero-order chi connectivity index (χ0) is 10.8. The number of aliphatic hydroxyl groups excluding tert-OH is 1. The summed E-state index contributed by atoms with van der Waals surface area (Å²) in [5, 5.41) is 10.8. The fourth-order valence-corrected chi connectivity index (χ4v) is 1.19. The molecule has 80 valence electrons. The van der Waals surface area contributed by atoms with Gasteiger partial charge in [0, 0.05) is 7.05 Å². The minimum atomic E-state index is -3.11. The Hall–Kier alpha value is -0.440. The lowest BCUT2D eigenvalue weighted by Gasteiger charge is -2.14. The van der Waals surface area contributed by atoms with Crippen LogP contribution >= 0.6 is 22.6 Å². The van der Waals surface area contributed by atoms with E-state index in [0.29, 0.717) is 5.95 Å². The summed E-state index contributed by atoms with van der Waals surface area (Å²) < 4.78 is 27.7. The third kappa shape index (κ3) is 2.77. The Bertz CT molecular complexity index is 316. The second kappa shape index (κ2) is 4.39. The van der Waals surface area contributed by atoms with Crippen molar-refractivity contribution in [3.63, 3.8) is 0 Å². The molecule has 0 unspecified atom stereocenters. The molecule has 0 radical (unpaired) electrons. The minimum absolute atomic E-state index is 0.363. The van der Waals surface area contributed by atoms with Crippen LogP contribution in [0, 0.1) is 3.70 Å². The first kappa shape index (κ1) is 11.6. The quantitative estimate of drug-likeness (QED) is 0.817. The molecule has 1 aromatic rings. The molecule has 0 aliphatic carbocycles. The SMILES string of the molecule is Cn1c(I)cnc1NCC(F)(F)CO. The Labute approximate surface area is 93.5 Å². The zero-order valence-electron chi connectivity index (χ0n) is 7.47. The van der Waals surface area contributed by atoms with Crippen molar-refractivity contribution in [1.82, 2.24) is 9.55 Å². The number of anilines is 1. The molecule has 4 nitrogen and oxygen atoms in total. The van der Waals surface area contributed by atoms with E-state index < -0.39 is 19.1 Å². The van der Waals surface area contributed by atoms with Crippen LogP contribution in [0.2, 0.25) is 0 Å². The van der Waals surface area contributed by atoms with Crippen LogP contribution in [0.15, 0.2) is 6.20 Å². The van der Waals surface area contributed by atoms with E-state index in [1.807, 2.05) is 22.6 Å². The lowest BCUT2D eigenvalue weighted by Crippen LogP contribution is -2.31. The monoisotopic (exact) mass is 317 g/mol. The van der Waals surface area contributed by atoms with E-state index in [1.165, 1.54) is 0 Å². The summed E-state index contributed by atoms with van der Waals surface area (Å²) in [7, 11) is 1.72. The van der Waals surface area contributed by atoms with E-state index in [9.17, 15) is 8.78 Å². The molecule has 0 aromatic carbocycles. The molecule has 1 rings (SSSR count). The highest BCUT2D eigenvalue weighted by Gasteiger charge is 2.27. The van der Waals surface area contributed by atoms with Gasteiger partial charge in [-0.1, -0.05) is 0 Å². The summed E-state index contributed by atoms with van der Waals surface area (Å²) in [6.45, 7) is -1.79. The normalized spacial score (nSPS) is 11.8. The summed E-state index contributed by atoms with van der Waals surface area (Å²) in [4.78, 5) is 3.88. The van der Waals surface area contributed by atoms with Gasteiger partial charge in [-0.05, 0) is 22.6 Å². The van der Waals surface area contributed by atoms with Crippen molar-refractivity contribution in [1.29, 1.82) is 0 Å². The van der Waals surface area contributed by atoms with Crippen molar-refractivity contribution >= 4 is 28.5 Å². The van der Waals surface area contributed by atoms with Crippen LogP contribution in [0.4, 0.5) is 14.7 Å². The molecule has 1 aromatic heterocycles. The van der Waals surface area contributed by atoms with Gasteiger partial charge in [-0.25, -0.2) is 13.8 Å². The van der Waals surface area contributed by atoms with Gasteiger partial charge in [-0.15, -0.1) is 0 Å². The molecule has 14 heavy (non-hydrogen) atoms. The number of hydrogen-bond acceptors (Lipinski definition) is 3. The largest absolute Gasteiger partial charge is 0.390 e. The number of nitrogens with one attached hydrogen (secondary N) is 1. The number of aliphatic hydroxyl groups is 1. The van der Waals surface area contributed by atoms with Crippen molar-refractivity contribution in [2.75, 3.05) is 18.5 Å². The highest BCUT2D eigenvalue weighted by atomic mass is 127. The Morgan fingerprint density at radius 3 is 2.79 bits per heavy atom. The van der Waals surface area contributed by atoms with E-state index in [2.05, 4.69) is 10.3 Å². The number of rotatable bonds is 4. The van der Waals surface area contributed by atoms with Crippen LogP contribution < -0.4 is 5.32 Å². The van der Waals surface area contributed by atoms with Crippen LogP contribution in [0.5, 0.6) is 0 Å². The molecule has 0 fully saturated rings. The Morgan fingerprint density at radius 1 is 1.71 bits per heavy atom. The molecular weight excluding hydrogens is 307 g/mol. The second-order valence-electron chi connectivity index (χ2n) is 2.83. The summed E-state index contributed by atoms with van der Waals surface area (Å²) in [6, 6.07) is 0. The van der Waals surface area contributed by atoms with Crippen LogP contribution in [-0.4, -0.2) is 33.7 Å². The van der Waals surface area contributed by atoms with Gasteiger partial charge in [0.25, 0.3) is 5.92 Å². The molecule has 0 atom stereocenters. The van der Waals surface area contributed by atoms with Crippen molar-refractivity contribution in [2.24, 2.45) is 7.05 Å². The van der Waals surface area contributed by atoms with Gasteiger partial charge in [-0.3, -0.25) is 0 Å².